The van der Waals surface area contributed by atoms with E-state index in [1.54, 1.807) is 6.20 Å². The molecule has 20 heavy (non-hydrogen) atoms. The first kappa shape index (κ1) is 12.7. The molecular formula is C15H17N3O2. The van der Waals surface area contributed by atoms with Crippen molar-refractivity contribution in [3.8, 4) is 0 Å². The highest BCUT2D eigenvalue weighted by Gasteiger charge is 2.33. The molecule has 5 nitrogen and oxygen atoms in total. The summed E-state index contributed by atoms with van der Waals surface area (Å²) in [4.78, 5) is 18.4. The molecule has 0 spiro atoms. The van der Waals surface area contributed by atoms with Gasteiger partial charge in [0.1, 0.15) is 11.9 Å². The van der Waals surface area contributed by atoms with Crippen LogP contribution in [0.2, 0.25) is 0 Å². The number of carbonyl (C=O) groups excluding carboxylic acids is 1. The van der Waals surface area contributed by atoms with Gasteiger partial charge in [-0.15, -0.1) is 0 Å². The van der Waals surface area contributed by atoms with Crippen molar-refractivity contribution in [3.63, 3.8) is 0 Å². The maximum Gasteiger partial charge on any atom is 0.328 e. The number of benzene rings is 1. The van der Waals surface area contributed by atoms with Crippen LogP contribution in [0.25, 0.3) is 10.8 Å². The van der Waals surface area contributed by atoms with E-state index in [0.29, 0.717) is 0 Å². The predicted octanol–water partition coefficient (Wildman–Crippen LogP) is 1.96. The topological polar surface area (TPSA) is 68.5 Å². The lowest BCUT2D eigenvalue weighted by Gasteiger charge is -2.25. The van der Waals surface area contributed by atoms with Gasteiger partial charge in [0.05, 0.1) is 7.11 Å². The van der Waals surface area contributed by atoms with E-state index in [2.05, 4.69) is 4.98 Å². The standard InChI is InChI=1S/C15H17N3O2/c1-20-15(19)13-6-3-9-18(13)14-11-4-2-5-12(16)10(11)7-8-17-14/h2,4-5,7-8,13H,3,6,9,16H2,1H3. The molecule has 1 atom stereocenters. The van der Waals surface area contributed by atoms with Crippen molar-refractivity contribution >= 4 is 28.2 Å². The minimum atomic E-state index is -0.250. The first-order valence-electron chi connectivity index (χ1n) is 6.70. The van der Waals surface area contributed by atoms with Gasteiger partial charge in [0.25, 0.3) is 0 Å². The lowest BCUT2D eigenvalue weighted by atomic mass is 10.1. The molecule has 1 aromatic heterocycles. The second-order valence-electron chi connectivity index (χ2n) is 4.95. The number of hydrogen-bond donors (Lipinski definition) is 1. The highest BCUT2D eigenvalue weighted by atomic mass is 16.5. The first-order valence-corrected chi connectivity index (χ1v) is 6.70. The smallest absolute Gasteiger partial charge is 0.328 e. The van der Waals surface area contributed by atoms with Crippen LogP contribution >= 0.6 is 0 Å². The SMILES string of the molecule is COC(=O)C1CCCN1c1nccc2c(N)cccc12. The summed E-state index contributed by atoms with van der Waals surface area (Å²) in [6, 6.07) is 7.41. The Hall–Kier alpha value is -2.30. The quantitative estimate of drug-likeness (QED) is 0.668. The van der Waals surface area contributed by atoms with Crippen molar-refractivity contribution in [1.29, 1.82) is 0 Å². The molecule has 1 fully saturated rings. The molecule has 3 rings (SSSR count). The number of esters is 1. The molecule has 0 saturated carbocycles. The summed E-state index contributed by atoms with van der Waals surface area (Å²) in [5.74, 6) is 0.605. The number of ether oxygens (including phenoxy) is 1. The molecule has 2 N–H and O–H groups in total. The van der Waals surface area contributed by atoms with Gasteiger partial charge in [-0.1, -0.05) is 12.1 Å². The lowest BCUT2D eigenvalue weighted by molar-refractivity contribution is -0.141. The molecular weight excluding hydrogens is 254 g/mol. The maximum absolute atomic E-state index is 11.9. The van der Waals surface area contributed by atoms with Gasteiger partial charge in [-0.25, -0.2) is 9.78 Å². The minimum absolute atomic E-state index is 0.204. The van der Waals surface area contributed by atoms with Gasteiger partial charge in [0.15, 0.2) is 0 Å². The van der Waals surface area contributed by atoms with Crippen molar-refractivity contribution < 1.29 is 9.53 Å². The van der Waals surface area contributed by atoms with Crippen LogP contribution in [0, 0.1) is 0 Å². The fourth-order valence-corrected chi connectivity index (χ4v) is 2.85. The molecule has 0 bridgehead atoms. The fourth-order valence-electron chi connectivity index (χ4n) is 2.85. The van der Waals surface area contributed by atoms with Crippen LogP contribution in [0.1, 0.15) is 12.8 Å². The highest BCUT2D eigenvalue weighted by molar-refractivity contribution is 6.00. The zero-order valence-corrected chi connectivity index (χ0v) is 11.4. The molecule has 104 valence electrons. The Kier molecular flexibility index (Phi) is 3.18. The van der Waals surface area contributed by atoms with Crippen molar-refractivity contribution in [3.05, 3.63) is 30.5 Å². The van der Waals surface area contributed by atoms with E-state index in [1.807, 2.05) is 29.2 Å². The number of carbonyl (C=O) groups is 1. The van der Waals surface area contributed by atoms with Crippen molar-refractivity contribution in [1.82, 2.24) is 4.98 Å². The Labute approximate surface area is 117 Å². The molecule has 0 amide bonds. The van der Waals surface area contributed by atoms with E-state index in [4.69, 9.17) is 10.5 Å². The Bertz CT molecular complexity index is 657. The van der Waals surface area contributed by atoms with E-state index in [0.717, 1.165) is 41.7 Å². The van der Waals surface area contributed by atoms with Crippen LogP contribution in [-0.4, -0.2) is 30.6 Å². The van der Waals surface area contributed by atoms with Crippen molar-refractivity contribution in [2.45, 2.75) is 18.9 Å². The van der Waals surface area contributed by atoms with Gasteiger partial charge in [-0.3, -0.25) is 0 Å². The molecule has 0 aliphatic carbocycles. The van der Waals surface area contributed by atoms with E-state index in [1.165, 1.54) is 7.11 Å². The van der Waals surface area contributed by atoms with Crippen molar-refractivity contribution in [2.75, 3.05) is 24.3 Å². The molecule has 1 aliphatic rings. The average Bonchev–Trinajstić information content (AvgIpc) is 2.95. The first-order chi connectivity index (χ1) is 9.72. The molecule has 1 aromatic carbocycles. The third kappa shape index (κ3) is 1.95. The molecule has 0 radical (unpaired) electrons. The van der Waals surface area contributed by atoms with Crippen LogP contribution < -0.4 is 10.6 Å². The average molecular weight is 271 g/mol. The maximum atomic E-state index is 11.9. The Balaban J connectivity index is 2.10. The van der Waals surface area contributed by atoms with Gasteiger partial charge >= 0.3 is 5.97 Å². The highest BCUT2D eigenvalue weighted by Crippen LogP contribution is 2.32. The lowest BCUT2D eigenvalue weighted by Crippen LogP contribution is -2.37. The van der Waals surface area contributed by atoms with Crippen LogP contribution in [0.4, 0.5) is 11.5 Å². The van der Waals surface area contributed by atoms with Gasteiger partial charge in [-0.2, -0.15) is 0 Å². The number of anilines is 2. The molecule has 2 heterocycles. The predicted molar refractivity (Wildman–Crippen MR) is 78.5 cm³/mol. The number of aromatic nitrogens is 1. The fraction of sp³-hybridized carbons (Fsp3) is 0.333. The normalized spacial score (nSPS) is 18.4. The Morgan fingerprint density at radius 2 is 2.25 bits per heavy atom. The van der Waals surface area contributed by atoms with Gasteiger partial charge < -0.3 is 15.4 Å². The largest absolute Gasteiger partial charge is 0.467 e. The Morgan fingerprint density at radius 1 is 1.40 bits per heavy atom. The summed E-state index contributed by atoms with van der Waals surface area (Å²) in [5, 5.41) is 1.94. The van der Waals surface area contributed by atoms with Crippen LogP contribution in [0.15, 0.2) is 30.5 Å². The van der Waals surface area contributed by atoms with Crippen LogP contribution in [-0.2, 0) is 9.53 Å². The van der Waals surface area contributed by atoms with Crippen LogP contribution in [0.3, 0.4) is 0 Å². The number of nitrogens with two attached hydrogens (primary N) is 1. The summed E-state index contributed by atoms with van der Waals surface area (Å²) in [6.45, 7) is 0.806. The number of hydrogen-bond acceptors (Lipinski definition) is 5. The number of methoxy groups -OCH3 is 1. The molecule has 1 unspecified atom stereocenters. The third-order valence-electron chi connectivity index (χ3n) is 3.82. The number of pyridine rings is 1. The number of nitrogens with zero attached hydrogens (tertiary/aromatic N) is 2. The summed E-state index contributed by atoms with van der Waals surface area (Å²) in [6.07, 6.45) is 3.49. The molecule has 5 heteroatoms. The Morgan fingerprint density at radius 3 is 3.05 bits per heavy atom. The third-order valence-corrected chi connectivity index (χ3v) is 3.82. The zero-order valence-electron chi connectivity index (χ0n) is 11.4. The monoisotopic (exact) mass is 271 g/mol. The molecule has 1 saturated heterocycles. The van der Waals surface area contributed by atoms with Gasteiger partial charge in [-0.05, 0) is 25.0 Å². The summed E-state index contributed by atoms with van der Waals surface area (Å²) in [7, 11) is 1.42. The van der Waals surface area contributed by atoms with Crippen molar-refractivity contribution in [2.24, 2.45) is 0 Å². The summed E-state index contributed by atoms with van der Waals surface area (Å²) >= 11 is 0. The van der Waals surface area contributed by atoms with E-state index < -0.39 is 0 Å². The van der Waals surface area contributed by atoms with Gasteiger partial charge in [0, 0.05) is 29.2 Å². The zero-order chi connectivity index (χ0) is 14.1. The number of nitrogen functional groups attached to an aromatic ring is 1. The second kappa shape index (κ2) is 5.00. The van der Waals surface area contributed by atoms with Crippen LogP contribution in [0.5, 0.6) is 0 Å². The number of fused-ring (bicyclic) bond motifs is 1. The molecule has 1 aliphatic heterocycles. The second-order valence-corrected chi connectivity index (χ2v) is 4.95. The summed E-state index contributed by atoms with van der Waals surface area (Å²) < 4.78 is 4.89. The summed E-state index contributed by atoms with van der Waals surface area (Å²) in [5.41, 5.74) is 6.73. The minimum Gasteiger partial charge on any atom is -0.467 e. The van der Waals surface area contributed by atoms with Gasteiger partial charge in [0.2, 0.25) is 0 Å². The van der Waals surface area contributed by atoms with E-state index in [-0.39, 0.29) is 12.0 Å². The number of rotatable bonds is 2. The van der Waals surface area contributed by atoms with E-state index >= 15 is 0 Å². The van der Waals surface area contributed by atoms with E-state index in [9.17, 15) is 4.79 Å². The molecule has 2 aromatic rings.